The first-order valence-electron chi connectivity index (χ1n) is 7.70. The van der Waals surface area contributed by atoms with Crippen molar-refractivity contribution in [2.75, 3.05) is 0 Å². The highest BCUT2D eigenvalue weighted by Gasteiger charge is 2.29. The van der Waals surface area contributed by atoms with Crippen molar-refractivity contribution in [1.29, 1.82) is 5.26 Å². The molecule has 2 rings (SSSR count). The van der Waals surface area contributed by atoms with Gasteiger partial charge in [0.2, 0.25) is 5.91 Å². The molecule has 0 unspecified atom stereocenters. The van der Waals surface area contributed by atoms with Crippen molar-refractivity contribution >= 4 is 11.6 Å². The van der Waals surface area contributed by atoms with E-state index in [1.807, 2.05) is 0 Å². The van der Waals surface area contributed by atoms with Gasteiger partial charge in [-0.15, -0.1) is 0 Å². The second-order valence-corrected chi connectivity index (χ2v) is 5.87. The van der Waals surface area contributed by atoms with Gasteiger partial charge in [0.25, 0.3) is 5.69 Å². The number of hydrogen-bond donors (Lipinski definition) is 2. The molecule has 0 spiro atoms. The molecule has 122 valence electrons. The molecule has 1 aliphatic rings. The van der Waals surface area contributed by atoms with Gasteiger partial charge in [-0.05, 0) is 18.4 Å². The Morgan fingerprint density at radius 1 is 1.39 bits per heavy atom. The average molecular weight is 316 g/mol. The molecule has 0 radical (unpaired) electrons. The second kappa shape index (κ2) is 7.70. The number of nitrogens with one attached hydrogen (secondary N) is 1. The number of carbonyl (C=O) groups excluding carboxylic acids is 1. The summed E-state index contributed by atoms with van der Waals surface area (Å²) in [6.07, 6.45) is 3.91. The first kappa shape index (κ1) is 16.9. The van der Waals surface area contributed by atoms with Crippen molar-refractivity contribution in [2.45, 2.75) is 44.2 Å². The lowest BCUT2D eigenvalue weighted by Gasteiger charge is -2.28. The maximum Gasteiger partial charge on any atom is 0.269 e. The van der Waals surface area contributed by atoms with E-state index in [-0.39, 0.29) is 23.6 Å². The van der Waals surface area contributed by atoms with Gasteiger partial charge >= 0.3 is 0 Å². The van der Waals surface area contributed by atoms with Gasteiger partial charge in [-0.3, -0.25) is 14.9 Å². The highest BCUT2D eigenvalue weighted by atomic mass is 16.6. The normalized spacial score (nSPS) is 21.9. The van der Waals surface area contributed by atoms with Gasteiger partial charge in [0.1, 0.15) is 6.04 Å². The molecule has 1 amide bonds. The zero-order chi connectivity index (χ0) is 16.8. The van der Waals surface area contributed by atoms with Crippen molar-refractivity contribution in [1.82, 2.24) is 5.32 Å². The average Bonchev–Trinajstić information content (AvgIpc) is 2.55. The molecule has 0 bridgehead atoms. The molecule has 0 heterocycles. The molecule has 7 nitrogen and oxygen atoms in total. The fourth-order valence-electron chi connectivity index (χ4n) is 2.88. The zero-order valence-electron chi connectivity index (χ0n) is 12.8. The van der Waals surface area contributed by atoms with Crippen LogP contribution in [0.25, 0.3) is 0 Å². The molecular weight excluding hydrogens is 296 g/mol. The summed E-state index contributed by atoms with van der Waals surface area (Å²) < 4.78 is 0. The van der Waals surface area contributed by atoms with Gasteiger partial charge in [0, 0.05) is 24.6 Å². The Bertz CT molecular complexity index is 609. The summed E-state index contributed by atoms with van der Waals surface area (Å²) in [7, 11) is 0. The van der Waals surface area contributed by atoms with Crippen LogP contribution < -0.4 is 11.1 Å². The van der Waals surface area contributed by atoms with Crippen LogP contribution in [0.1, 0.15) is 31.2 Å². The maximum atomic E-state index is 12.3. The van der Waals surface area contributed by atoms with Crippen molar-refractivity contribution in [3.05, 3.63) is 39.9 Å². The minimum atomic E-state index is -0.668. The number of nitriles is 1. The first-order chi connectivity index (χ1) is 11.0. The minimum absolute atomic E-state index is 0.000489. The Balaban J connectivity index is 1.96. The van der Waals surface area contributed by atoms with E-state index >= 15 is 0 Å². The van der Waals surface area contributed by atoms with E-state index in [1.54, 1.807) is 12.1 Å². The summed E-state index contributed by atoms with van der Waals surface area (Å²) in [4.78, 5) is 22.4. The van der Waals surface area contributed by atoms with Gasteiger partial charge in [0.15, 0.2) is 0 Å². The monoisotopic (exact) mass is 316 g/mol. The van der Waals surface area contributed by atoms with Crippen LogP contribution in [-0.4, -0.2) is 22.9 Å². The highest BCUT2D eigenvalue weighted by molar-refractivity contribution is 5.80. The SMILES string of the molecule is N#C[C@H](Cc1ccc([N+](=O)[O-])cc1)NC(=O)[C@@H]1CCCC[C@@H]1N. The molecule has 23 heavy (non-hydrogen) atoms. The van der Waals surface area contributed by atoms with E-state index in [9.17, 15) is 20.2 Å². The van der Waals surface area contributed by atoms with Crippen LogP contribution in [0.3, 0.4) is 0 Å². The van der Waals surface area contributed by atoms with Gasteiger partial charge < -0.3 is 11.1 Å². The predicted molar refractivity (Wildman–Crippen MR) is 84.3 cm³/mol. The number of hydrogen-bond acceptors (Lipinski definition) is 5. The molecule has 3 N–H and O–H groups in total. The molecule has 1 aliphatic carbocycles. The number of amides is 1. The van der Waals surface area contributed by atoms with E-state index in [1.165, 1.54) is 12.1 Å². The third-order valence-electron chi connectivity index (χ3n) is 4.22. The van der Waals surface area contributed by atoms with Crippen LogP contribution in [0.15, 0.2) is 24.3 Å². The summed E-state index contributed by atoms with van der Waals surface area (Å²) in [5.74, 6) is -0.415. The second-order valence-electron chi connectivity index (χ2n) is 5.87. The van der Waals surface area contributed by atoms with Gasteiger partial charge in [-0.2, -0.15) is 5.26 Å². The lowest BCUT2D eigenvalue weighted by atomic mass is 9.84. The Morgan fingerprint density at radius 3 is 2.61 bits per heavy atom. The van der Waals surface area contributed by atoms with Crippen LogP contribution in [-0.2, 0) is 11.2 Å². The molecular formula is C16H20N4O3. The Morgan fingerprint density at radius 2 is 2.04 bits per heavy atom. The molecule has 7 heteroatoms. The lowest BCUT2D eigenvalue weighted by Crippen LogP contribution is -2.47. The van der Waals surface area contributed by atoms with Gasteiger partial charge in [0.05, 0.1) is 16.9 Å². The Hall–Kier alpha value is -2.46. The smallest absolute Gasteiger partial charge is 0.269 e. The standard InChI is InChI=1S/C16H20N4O3/c17-10-12(9-11-5-7-13(8-6-11)20(22)23)19-16(21)14-3-1-2-4-15(14)18/h5-8,12,14-15H,1-4,9,18H2,(H,19,21)/t12-,14+,15-/m0/s1. The number of nitrogens with zero attached hydrogens (tertiary/aromatic N) is 2. The van der Waals surface area contributed by atoms with Crippen molar-refractivity contribution < 1.29 is 9.72 Å². The van der Waals surface area contributed by atoms with Crippen molar-refractivity contribution in [3.63, 3.8) is 0 Å². The van der Waals surface area contributed by atoms with Crippen LogP contribution >= 0.6 is 0 Å². The number of benzene rings is 1. The summed E-state index contributed by atoms with van der Waals surface area (Å²) in [5.41, 5.74) is 6.75. The van der Waals surface area contributed by atoms with E-state index in [0.29, 0.717) is 6.42 Å². The summed E-state index contributed by atoms with van der Waals surface area (Å²) in [6.45, 7) is 0. The number of non-ortho nitro benzene ring substituents is 1. The Kier molecular flexibility index (Phi) is 5.66. The molecule has 1 fully saturated rings. The molecule has 3 atom stereocenters. The topological polar surface area (TPSA) is 122 Å². The number of nitro groups is 1. The molecule has 0 aromatic heterocycles. The van der Waals surface area contributed by atoms with E-state index in [2.05, 4.69) is 11.4 Å². The zero-order valence-corrected chi connectivity index (χ0v) is 12.8. The van der Waals surface area contributed by atoms with Crippen LogP contribution in [0.4, 0.5) is 5.69 Å². The predicted octanol–water partition coefficient (Wildman–Crippen LogP) is 1.66. The van der Waals surface area contributed by atoms with Crippen molar-refractivity contribution in [2.24, 2.45) is 11.7 Å². The van der Waals surface area contributed by atoms with Crippen LogP contribution in [0.2, 0.25) is 0 Å². The van der Waals surface area contributed by atoms with Gasteiger partial charge in [-0.1, -0.05) is 25.0 Å². The third kappa shape index (κ3) is 4.50. The van der Waals surface area contributed by atoms with Crippen molar-refractivity contribution in [3.8, 4) is 6.07 Å². The van der Waals surface area contributed by atoms with E-state index < -0.39 is 11.0 Å². The Labute approximate surface area is 134 Å². The lowest BCUT2D eigenvalue weighted by molar-refractivity contribution is -0.384. The number of rotatable bonds is 5. The molecule has 0 aliphatic heterocycles. The largest absolute Gasteiger partial charge is 0.340 e. The molecule has 0 saturated heterocycles. The number of nitro benzene ring substituents is 1. The van der Waals surface area contributed by atoms with Gasteiger partial charge in [-0.25, -0.2) is 0 Å². The fraction of sp³-hybridized carbons (Fsp3) is 0.500. The maximum absolute atomic E-state index is 12.3. The summed E-state index contributed by atoms with van der Waals surface area (Å²) in [5, 5.41) is 22.6. The quantitative estimate of drug-likeness (QED) is 0.632. The van der Waals surface area contributed by atoms with Crippen LogP contribution in [0.5, 0.6) is 0 Å². The minimum Gasteiger partial charge on any atom is -0.340 e. The van der Waals surface area contributed by atoms with E-state index in [4.69, 9.17) is 5.73 Å². The molecule has 1 aromatic carbocycles. The third-order valence-corrected chi connectivity index (χ3v) is 4.22. The summed E-state index contributed by atoms with van der Waals surface area (Å²) >= 11 is 0. The fourth-order valence-corrected chi connectivity index (χ4v) is 2.88. The van der Waals surface area contributed by atoms with Crippen LogP contribution in [0, 0.1) is 27.4 Å². The molecule has 1 saturated carbocycles. The number of carbonyl (C=O) groups is 1. The van der Waals surface area contributed by atoms with E-state index in [0.717, 1.165) is 31.2 Å². The summed E-state index contributed by atoms with van der Waals surface area (Å²) in [6, 6.07) is 7.23. The number of nitrogens with two attached hydrogens (primary N) is 1. The molecule has 1 aromatic rings. The highest BCUT2D eigenvalue weighted by Crippen LogP contribution is 2.23. The first-order valence-corrected chi connectivity index (χ1v) is 7.70.